The molecule has 0 radical (unpaired) electrons. The zero-order chi connectivity index (χ0) is 20.3. The fourth-order valence-corrected chi connectivity index (χ4v) is 6.83. The summed E-state index contributed by atoms with van der Waals surface area (Å²) in [7, 11) is -3.35. The SMILES string of the molecule is O=C1CC[C@@H](N2CC[C@@H]3CCCC[C@H]3C2)CCN1CCS(=O)(=O)c1ccccc1. The Morgan fingerprint density at radius 3 is 2.45 bits per heavy atom. The molecule has 3 atom stereocenters. The number of nitrogens with zero attached hydrogens (tertiary/aromatic N) is 2. The Labute approximate surface area is 175 Å². The maximum atomic E-state index is 12.6. The van der Waals surface area contributed by atoms with Crippen LogP contribution >= 0.6 is 0 Å². The Bertz CT molecular complexity index is 796. The molecule has 4 rings (SSSR count). The number of fused-ring (bicyclic) bond motifs is 1. The minimum absolute atomic E-state index is 0.000881. The summed E-state index contributed by atoms with van der Waals surface area (Å²) in [5.74, 6) is 1.89. The van der Waals surface area contributed by atoms with Gasteiger partial charge in [-0.15, -0.1) is 0 Å². The van der Waals surface area contributed by atoms with Gasteiger partial charge in [-0.2, -0.15) is 0 Å². The lowest BCUT2D eigenvalue weighted by Crippen LogP contribution is -2.47. The maximum absolute atomic E-state index is 12.6. The number of likely N-dealkylation sites (tertiary alicyclic amines) is 2. The van der Waals surface area contributed by atoms with E-state index in [1.165, 1.54) is 45.2 Å². The first-order chi connectivity index (χ1) is 14.0. The van der Waals surface area contributed by atoms with E-state index in [-0.39, 0.29) is 11.7 Å². The van der Waals surface area contributed by atoms with Crippen LogP contribution in [0.15, 0.2) is 35.2 Å². The highest BCUT2D eigenvalue weighted by atomic mass is 32.2. The van der Waals surface area contributed by atoms with Crippen LogP contribution in [0.25, 0.3) is 0 Å². The molecule has 3 fully saturated rings. The number of benzene rings is 1. The van der Waals surface area contributed by atoms with E-state index in [9.17, 15) is 13.2 Å². The van der Waals surface area contributed by atoms with E-state index in [4.69, 9.17) is 0 Å². The first kappa shape index (κ1) is 20.9. The van der Waals surface area contributed by atoms with Gasteiger partial charge >= 0.3 is 0 Å². The van der Waals surface area contributed by atoms with Crippen LogP contribution in [-0.4, -0.2) is 62.1 Å². The van der Waals surface area contributed by atoms with Crippen LogP contribution in [0.2, 0.25) is 0 Å². The van der Waals surface area contributed by atoms with Gasteiger partial charge in [-0.1, -0.05) is 37.5 Å². The molecule has 0 N–H and O–H groups in total. The van der Waals surface area contributed by atoms with Crippen LogP contribution < -0.4 is 0 Å². The van der Waals surface area contributed by atoms with Gasteiger partial charge < -0.3 is 9.80 Å². The Hall–Kier alpha value is -1.40. The average Bonchev–Trinajstić information content (AvgIpc) is 2.94. The minimum atomic E-state index is -3.35. The molecule has 0 spiro atoms. The highest BCUT2D eigenvalue weighted by Gasteiger charge is 2.35. The normalized spacial score (nSPS) is 29.3. The number of sulfone groups is 1. The lowest BCUT2D eigenvalue weighted by molar-refractivity contribution is -0.130. The second kappa shape index (κ2) is 9.17. The summed E-state index contributed by atoms with van der Waals surface area (Å²) in [6, 6.07) is 9.02. The van der Waals surface area contributed by atoms with Crippen molar-refractivity contribution in [3.05, 3.63) is 30.3 Å². The highest BCUT2D eigenvalue weighted by molar-refractivity contribution is 7.91. The quantitative estimate of drug-likeness (QED) is 0.736. The minimum Gasteiger partial charge on any atom is -0.342 e. The molecular weight excluding hydrogens is 384 g/mol. The molecule has 5 nitrogen and oxygen atoms in total. The fraction of sp³-hybridized carbons (Fsp3) is 0.696. The summed E-state index contributed by atoms with van der Waals surface area (Å²) >= 11 is 0. The first-order valence-electron chi connectivity index (χ1n) is 11.3. The van der Waals surface area contributed by atoms with Gasteiger partial charge in [0.25, 0.3) is 0 Å². The summed E-state index contributed by atoms with van der Waals surface area (Å²) < 4.78 is 25.1. The third-order valence-electron chi connectivity index (χ3n) is 7.35. The lowest BCUT2D eigenvalue weighted by Gasteiger charge is -2.44. The number of rotatable bonds is 5. The molecule has 29 heavy (non-hydrogen) atoms. The van der Waals surface area contributed by atoms with Crippen LogP contribution in [0.3, 0.4) is 0 Å². The van der Waals surface area contributed by atoms with Gasteiger partial charge in [0, 0.05) is 32.1 Å². The number of piperidine rings is 1. The molecule has 1 aromatic rings. The van der Waals surface area contributed by atoms with Gasteiger partial charge in [0.2, 0.25) is 5.91 Å². The number of carbonyl (C=O) groups excluding carboxylic acids is 1. The van der Waals surface area contributed by atoms with Crippen molar-refractivity contribution < 1.29 is 13.2 Å². The first-order valence-corrected chi connectivity index (χ1v) is 13.0. The molecule has 3 aliphatic rings. The number of hydrogen-bond donors (Lipinski definition) is 0. The van der Waals surface area contributed by atoms with Gasteiger partial charge in [0.1, 0.15) is 0 Å². The largest absolute Gasteiger partial charge is 0.342 e. The van der Waals surface area contributed by atoms with Gasteiger partial charge in [0.15, 0.2) is 9.84 Å². The van der Waals surface area contributed by atoms with E-state index in [0.717, 1.165) is 24.7 Å². The summed E-state index contributed by atoms with van der Waals surface area (Å²) in [4.78, 5) is 17.4. The maximum Gasteiger partial charge on any atom is 0.222 e. The van der Waals surface area contributed by atoms with Crippen LogP contribution in [-0.2, 0) is 14.6 Å². The third-order valence-corrected chi connectivity index (χ3v) is 9.06. The van der Waals surface area contributed by atoms with Gasteiger partial charge in [0.05, 0.1) is 10.6 Å². The van der Waals surface area contributed by atoms with Crippen molar-refractivity contribution in [1.82, 2.24) is 9.80 Å². The van der Waals surface area contributed by atoms with Crippen molar-refractivity contribution >= 4 is 15.7 Å². The summed E-state index contributed by atoms with van der Waals surface area (Å²) in [5, 5.41) is 0. The number of carbonyl (C=O) groups is 1. The molecule has 0 bridgehead atoms. The van der Waals surface area contributed by atoms with Crippen molar-refractivity contribution in [3.8, 4) is 0 Å². The van der Waals surface area contributed by atoms with Crippen LogP contribution in [0.1, 0.15) is 51.4 Å². The Balaban J connectivity index is 1.32. The van der Waals surface area contributed by atoms with Crippen molar-refractivity contribution in [1.29, 1.82) is 0 Å². The predicted molar refractivity (Wildman–Crippen MR) is 114 cm³/mol. The molecule has 0 aromatic heterocycles. The second-order valence-corrected chi connectivity index (χ2v) is 11.2. The van der Waals surface area contributed by atoms with Crippen molar-refractivity contribution in [2.75, 3.05) is 31.9 Å². The highest BCUT2D eigenvalue weighted by Crippen LogP contribution is 2.37. The van der Waals surface area contributed by atoms with Crippen LogP contribution in [0.5, 0.6) is 0 Å². The topological polar surface area (TPSA) is 57.7 Å². The molecule has 2 saturated heterocycles. The predicted octanol–water partition coefficient (Wildman–Crippen LogP) is 3.35. The summed E-state index contributed by atoms with van der Waals surface area (Å²) in [6.07, 6.45) is 9.30. The molecule has 1 aromatic carbocycles. The molecule has 1 aliphatic carbocycles. The summed E-state index contributed by atoms with van der Waals surface area (Å²) in [6.45, 7) is 3.35. The molecule has 1 amide bonds. The molecule has 2 heterocycles. The number of amides is 1. The van der Waals surface area contributed by atoms with Gasteiger partial charge in [-0.3, -0.25) is 4.79 Å². The third kappa shape index (κ3) is 5.02. The average molecular weight is 419 g/mol. The van der Waals surface area contributed by atoms with E-state index in [2.05, 4.69) is 4.90 Å². The standard InChI is InChI=1S/C23H34N2O3S/c26-23-11-10-21(25-14-12-19-6-4-5-7-20(19)18-25)13-15-24(23)16-17-29(27,28)22-8-2-1-3-9-22/h1-3,8-9,19-21H,4-7,10-18H2/t19-,20-,21+/m0/s1. The Morgan fingerprint density at radius 2 is 1.66 bits per heavy atom. The van der Waals surface area contributed by atoms with E-state index < -0.39 is 9.84 Å². The second-order valence-electron chi connectivity index (χ2n) is 9.08. The molecule has 2 aliphatic heterocycles. The van der Waals surface area contributed by atoms with E-state index in [1.54, 1.807) is 29.2 Å². The molecule has 160 valence electrons. The van der Waals surface area contributed by atoms with Gasteiger partial charge in [-0.25, -0.2) is 8.42 Å². The van der Waals surface area contributed by atoms with E-state index >= 15 is 0 Å². The van der Waals surface area contributed by atoms with Crippen molar-refractivity contribution in [2.45, 2.75) is 62.3 Å². The molecular formula is C23H34N2O3S. The van der Waals surface area contributed by atoms with Crippen LogP contribution in [0.4, 0.5) is 0 Å². The zero-order valence-electron chi connectivity index (χ0n) is 17.3. The Morgan fingerprint density at radius 1 is 0.897 bits per heavy atom. The zero-order valence-corrected chi connectivity index (χ0v) is 18.2. The molecule has 1 saturated carbocycles. The number of hydrogen-bond acceptors (Lipinski definition) is 4. The lowest BCUT2D eigenvalue weighted by atomic mass is 9.74. The molecule has 0 unspecified atom stereocenters. The van der Waals surface area contributed by atoms with Crippen LogP contribution in [0, 0.1) is 11.8 Å². The molecule has 6 heteroatoms. The monoisotopic (exact) mass is 418 g/mol. The van der Waals surface area contributed by atoms with Crippen molar-refractivity contribution in [2.24, 2.45) is 11.8 Å². The van der Waals surface area contributed by atoms with Gasteiger partial charge in [-0.05, 0) is 56.2 Å². The van der Waals surface area contributed by atoms with E-state index in [1.807, 2.05) is 6.07 Å². The summed E-state index contributed by atoms with van der Waals surface area (Å²) in [5.41, 5.74) is 0. The van der Waals surface area contributed by atoms with Crippen molar-refractivity contribution in [3.63, 3.8) is 0 Å². The Kier molecular flexibility index (Phi) is 6.60. The smallest absolute Gasteiger partial charge is 0.222 e. The van der Waals surface area contributed by atoms with E-state index in [0.29, 0.717) is 30.4 Å². The fourth-order valence-electron chi connectivity index (χ4n) is 5.56.